The van der Waals surface area contributed by atoms with Crippen molar-refractivity contribution in [3.63, 3.8) is 0 Å². The Balaban J connectivity index is 2.03. The van der Waals surface area contributed by atoms with E-state index in [2.05, 4.69) is 5.32 Å². The molecule has 40 heavy (non-hydrogen) atoms. The van der Waals surface area contributed by atoms with Gasteiger partial charge < -0.3 is 15.0 Å². The van der Waals surface area contributed by atoms with Crippen LogP contribution in [0.2, 0.25) is 0 Å². The number of hydrogen-bond acceptors (Lipinski definition) is 5. The molecular formula is C31H39N3O5S. The summed E-state index contributed by atoms with van der Waals surface area (Å²) in [7, 11) is -2.54. The second-order valence-electron chi connectivity index (χ2n) is 9.50. The quantitative estimate of drug-likeness (QED) is 0.284. The van der Waals surface area contributed by atoms with Crippen molar-refractivity contribution in [1.29, 1.82) is 0 Å². The number of nitrogens with one attached hydrogen (secondary N) is 1. The number of aryl methyl sites for hydroxylation is 1. The Morgan fingerprint density at radius 2 is 1.65 bits per heavy atom. The summed E-state index contributed by atoms with van der Waals surface area (Å²) in [6, 6.07) is 21.6. The van der Waals surface area contributed by atoms with Gasteiger partial charge in [0, 0.05) is 13.1 Å². The van der Waals surface area contributed by atoms with Gasteiger partial charge in [-0.25, -0.2) is 8.42 Å². The maximum atomic E-state index is 14.0. The number of carbonyl (C=O) groups is 2. The van der Waals surface area contributed by atoms with Gasteiger partial charge in [0.1, 0.15) is 18.3 Å². The zero-order valence-corrected chi connectivity index (χ0v) is 24.5. The lowest BCUT2D eigenvalue weighted by Gasteiger charge is -2.32. The summed E-state index contributed by atoms with van der Waals surface area (Å²) in [5.74, 6) is -0.169. The molecule has 1 N–H and O–H groups in total. The van der Waals surface area contributed by atoms with Crippen molar-refractivity contribution in [2.24, 2.45) is 0 Å². The molecule has 0 aliphatic carbocycles. The SMILES string of the molecule is CCCCNC(=O)[C@H](C)N(Cc1cccc(OC)c1)C(=O)CN(c1ccccc1CC)S(=O)(=O)c1ccccc1. The van der Waals surface area contributed by atoms with Crippen LogP contribution in [0.4, 0.5) is 5.69 Å². The van der Waals surface area contributed by atoms with Crippen LogP contribution in [0, 0.1) is 0 Å². The highest BCUT2D eigenvalue weighted by Gasteiger charge is 2.33. The topological polar surface area (TPSA) is 96.0 Å². The fourth-order valence-electron chi connectivity index (χ4n) is 4.37. The van der Waals surface area contributed by atoms with E-state index in [-0.39, 0.29) is 17.3 Å². The van der Waals surface area contributed by atoms with Crippen LogP contribution >= 0.6 is 0 Å². The Hall–Kier alpha value is -3.85. The molecule has 0 aliphatic heterocycles. The van der Waals surface area contributed by atoms with Crippen LogP contribution in [0.25, 0.3) is 0 Å². The molecule has 0 unspecified atom stereocenters. The van der Waals surface area contributed by atoms with Crippen molar-refractivity contribution in [3.8, 4) is 5.75 Å². The normalized spacial score (nSPS) is 11.9. The van der Waals surface area contributed by atoms with Crippen LogP contribution in [0.5, 0.6) is 5.75 Å². The lowest BCUT2D eigenvalue weighted by atomic mass is 10.1. The Morgan fingerprint density at radius 1 is 0.950 bits per heavy atom. The van der Waals surface area contributed by atoms with E-state index in [1.165, 1.54) is 17.0 Å². The molecule has 2 amide bonds. The maximum Gasteiger partial charge on any atom is 0.264 e. The predicted octanol–water partition coefficient (Wildman–Crippen LogP) is 4.79. The highest BCUT2D eigenvalue weighted by Crippen LogP contribution is 2.28. The van der Waals surface area contributed by atoms with Crippen molar-refractivity contribution < 1.29 is 22.7 Å². The molecule has 8 nitrogen and oxygen atoms in total. The van der Waals surface area contributed by atoms with Gasteiger partial charge in [-0.2, -0.15) is 0 Å². The molecular weight excluding hydrogens is 526 g/mol. The molecule has 0 aliphatic rings. The van der Waals surface area contributed by atoms with Crippen molar-refractivity contribution in [1.82, 2.24) is 10.2 Å². The second-order valence-corrected chi connectivity index (χ2v) is 11.4. The molecule has 9 heteroatoms. The molecule has 3 rings (SSSR count). The van der Waals surface area contributed by atoms with E-state index in [9.17, 15) is 18.0 Å². The van der Waals surface area contributed by atoms with Gasteiger partial charge in [-0.15, -0.1) is 0 Å². The second kappa shape index (κ2) is 14.5. The van der Waals surface area contributed by atoms with Crippen LogP contribution in [0.15, 0.2) is 83.8 Å². The molecule has 1 atom stereocenters. The highest BCUT2D eigenvalue weighted by molar-refractivity contribution is 7.92. The number of methoxy groups -OCH3 is 1. The molecule has 3 aromatic carbocycles. The molecule has 0 aromatic heterocycles. The van der Waals surface area contributed by atoms with E-state index in [0.717, 1.165) is 28.3 Å². The first-order valence-corrected chi connectivity index (χ1v) is 15.0. The Morgan fingerprint density at radius 3 is 2.33 bits per heavy atom. The third-order valence-corrected chi connectivity index (χ3v) is 8.51. The first-order chi connectivity index (χ1) is 19.2. The number of carbonyl (C=O) groups excluding carboxylic acids is 2. The van der Waals surface area contributed by atoms with E-state index >= 15 is 0 Å². The number of nitrogens with zero attached hydrogens (tertiary/aromatic N) is 2. The van der Waals surface area contributed by atoms with E-state index in [1.54, 1.807) is 56.5 Å². The number of sulfonamides is 1. The highest BCUT2D eigenvalue weighted by atomic mass is 32.2. The van der Waals surface area contributed by atoms with Crippen molar-refractivity contribution in [2.45, 2.75) is 57.5 Å². The standard InChI is InChI=1S/C31H39N3O5S/c1-5-7-20-32-31(36)24(3)33(22-25-14-13-16-27(21-25)39-4)30(35)23-34(29-19-12-11-15-26(29)6-2)40(37,38)28-17-9-8-10-18-28/h8-19,21,24H,5-7,20,22-23H2,1-4H3,(H,32,36)/t24-/m0/s1. The summed E-state index contributed by atoms with van der Waals surface area (Å²) < 4.78 is 34.4. The zero-order chi connectivity index (χ0) is 29.1. The minimum absolute atomic E-state index is 0.0819. The largest absolute Gasteiger partial charge is 0.497 e. The first-order valence-electron chi connectivity index (χ1n) is 13.6. The van der Waals surface area contributed by atoms with Gasteiger partial charge in [0.15, 0.2) is 0 Å². The zero-order valence-electron chi connectivity index (χ0n) is 23.7. The fourth-order valence-corrected chi connectivity index (χ4v) is 5.85. The smallest absolute Gasteiger partial charge is 0.264 e. The molecule has 0 saturated heterocycles. The number of rotatable bonds is 14. The van der Waals surface area contributed by atoms with Crippen LogP contribution < -0.4 is 14.4 Å². The van der Waals surface area contributed by atoms with E-state index < -0.39 is 28.5 Å². The third-order valence-electron chi connectivity index (χ3n) is 6.74. The Labute approximate surface area is 238 Å². The Kier molecular flexibility index (Phi) is 11.1. The van der Waals surface area contributed by atoms with Gasteiger partial charge in [0.2, 0.25) is 11.8 Å². The maximum absolute atomic E-state index is 14.0. The van der Waals surface area contributed by atoms with Crippen molar-refractivity contribution >= 4 is 27.5 Å². The molecule has 0 saturated carbocycles. The average Bonchev–Trinajstić information content (AvgIpc) is 2.98. The molecule has 214 valence electrons. The monoisotopic (exact) mass is 565 g/mol. The van der Waals surface area contributed by atoms with Crippen LogP contribution in [-0.2, 0) is 32.6 Å². The van der Waals surface area contributed by atoms with Crippen molar-refractivity contribution in [3.05, 3.63) is 90.0 Å². The first kappa shape index (κ1) is 30.7. The lowest BCUT2D eigenvalue weighted by Crippen LogP contribution is -2.51. The van der Waals surface area contributed by atoms with Gasteiger partial charge in [-0.1, -0.05) is 68.8 Å². The minimum Gasteiger partial charge on any atom is -0.497 e. The van der Waals surface area contributed by atoms with E-state index in [1.807, 2.05) is 38.1 Å². The Bertz CT molecular complexity index is 1380. The average molecular weight is 566 g/mol. The predicted molar refractivity (Wildman–Crippen MR) is 158 cm³/mol. The van der Waals surface area contributed by atoms with Crippen LogP contribution in [-0.4, -0.2) is 51.4 Å². The molecule has 0 spiro atoms. The summed E-state index contributed by atoms with van der Waals surface area (Å²) in [5.41, 5.74) is 1.98. The summed E-state index contributed by atoms with van der Waals surface area (Å²) in [6.45, 7) is 5.77. The molecule has 0 heterocycles. The number of anilines is 1. The number of ether oxygens (including phenoxy) is 1. The van der Waals surface area contributed by atoms with Gasteiger partial charge >= 0.3 is 0 Å². The van der Waals surface area contributed by atoms with Gasteiger partial charge in [0.05, 0.1) is 17.7 Å². The summed E-state index contributed by atoms with van der Waals surface area (Å²) >= 11 is 0. The molecule has 0 bridgehead atoms. The third kappa shape index (κ3) is 7.63. The van der Waals surface area contributed by atoms with Gasteiger partial charge in [0.25, 0.3) is 10.0 Å². The number of para-hydroxylation sites is 1. The number of amides is 2. The van der Waals surface area contributed by atoms with E-state index in [4.69, 9.17) is 4.74 Å². The molecule has 3 aromatic rings. The van der Waals surface area contributed by atoms with E-state index in [0.29, 0.717) is 24.4 Å². The number of benzene rings is 3. The molecule has 0 fully saturated rings. The molecule has 0 radical (unpaired) electrons. The summed E-state index contributed by atoms with van der Waals surface area (Å²) in [5, 5.41) is 2.90. The van der Waals surface area contributed by atoms with Crippen molar-refractivity contribution in [2.75, 3.05) is 24.5 Å². The van der Waals surface area contributed by atoms with Crippen LogP contribution in [0.3, 0.4) is 0 Å². The number of unbranched alkanes of at least 4 members (excludes halogenated alkanes) is 1. The minimum atomic E-state index is -4.10. The van der Waals surface area contributed by atoms with Crippen LogP contribution in [0.1, 0.15) is 44.7 Å². The number of hydrogen-bond donors (Lipinski definition) is 1. The fraction of sp³-hybridized carbons (Fsp3) is 0.355. The van der Waals surface area contributed by atoms with Gasteiger partial charge in [-0.3, -0.25) is 13.9 Å². The lowest BCUT2D eigenvalue weighted by molar-refractivity contribution is -0.139. The summed E-state index contributed by atoms with van der Waals surface area (Å²) in [4.78, 5) is 28.6. The van der Waals surface area contributed by atoms with Gasteiger partial charge in [-0.05, 0) is 61.2 Å². The summed E-state index contributed by atoms with van der Waals surface area (Å²) in [6.07, 6.45) is 2.32.